The van der Waals surface area contributed by atoms with E-state index in [9.17, 15) is 0 Å². The van der Waals surface area contributed by atoms with Crippen molar-refractivity contribution in [1.82, 2.24) is 0 Å². The Morgan fingerprint density at radius 2 is 1.78 bits per heavy atom. The fourth-order valence-corrected chi connectivity index (χ4v) is 0. The summed E-state index contributed by atoms with van der Waals surface area (Å²) in [5.41, 5.74) is 0. The van der Waals surface area contributed by atoms with Crippen molar-refractivity contribution >= 4 is 29.0 Å². The molecule has 2 nitrogen and oxygen atoms in total. The Hall–Kier alpha value is 0.1000. The van der Waals surface area contributed by atoms with Crippen molar-refractivity contribution in [2.24, 2.45) is 0 Å². The second kappa shape index (κ2) is 11.0. The highest BCUT2D eigenvalue weighted by atomic mass is 32.1. The minimum atomic E-state index is -0.125. The summed E-state index contributed by atoms with van der Waals surface area (Å²) in [5, 5.41) is 15.2. The van der Waals surface area contributed by atoms with Crippen LogP contribution in [0.5, 0.6) is 0 Å². The summed E-state index contributed by atoms with van der Waals surface area (Å²) < 4.78 is 0.546. The SMILES string of the molecule is C=CC(=S)S.OCCO. The van der Waals surface area contributed by atoms with E-state index in [0.29, 0.717) is 4.20 Å². The van der Waals surface area contributed by atoms with E-state index < -0.39 is 0 Å². The highest BCUT2D eigenvalue weighted by Crippen LogP contribution is 1.79. The molecule has 0 aliphatic rings. The van der Waals surface area contributed by atoms with Gasteiger partial charge in [-0.15, -0.1) is 12.6 Å². The van der Waals surface area contributed by atoms with Gasteiger partial charge in [-0.2, -0.15) is 0 Å². The van der Waals surface area contributed by atoms with Crippen molar-refractivity contribution in [3.05, 3.63) is 12.7 Å². The van der Waals surface area contributed by atoms with E-state index in [2.05, 4.69) is 31.4 Å². The van der Waals surface area contributed by atoms with Gasteiger partial charge >= 0.3 is 0 Å². The third kappa shape index (κ3) is 31.4. The molecular formula is C5H10O2S2. The molecule has 0 aliphatic heterocycles. The van der Waals surface area contributed by atoms with E-state index in [1.807, 2.05) is 0 Å². The van der Waals surface area contributed by atoms with Gasteiger partial charge in [0.25, 0.3) is 0 Å². The van der Waals surface area contributed by atoms with Crippen molar-refractivity contribution in [1.29, 1.82) is 0 Å². The second-order valence-electron chi connectivity index (χ2n) is 0.990. The fraction of sp³-hybridized carbons (Fsp3) is 0.400. The van der Waals surface area contributed by atoms with Crippen LogP contribution in [-0.2, 0) is 0 Å². The van der Waals surface area contributed by atoms with E-state index in [1.165, 1.54) is 6.08 Å². The van der Waals surface area contributed by atoms with Gasteiger partial charge in [0, 0.05) is 0 Å². The number of rotatable bonds is 2. The van der Waals surface area contributed by atoms with Crippen LogP contribution in [0.3, 0.4) is 0 Å². The Morgan fingerprint density at radius 3 is 1.78 bits per heavy atom. The maximum atomic E-state index is 7.62. The zero-order chi connectivity index (χ0) is 7.70. The molecule has 4 heteroatoms. The zero-order valence-electron chi connectivity index (χ0n) is 4.95. The molecule has 0 saturated heterocycles. The minimum absolute atomic E-state index is 0.125. The number of aliphatic hydroxyl groups excluding tert-OH is 2. The predicted octanol–water partition coefficient (Wildman–Crippen LogP) is 0.401. The first-order valence-electron chi connectivity index (χ1n) is 2.26. The summed E-state index contributed by atoms with van der Waals surface area (Å²) in [7, 11) is 0. The molecule has 0 aromatic rings. The van der Waals surface area contributed by atoms with E-state index in [4.69, 9.17) is 10.2 Å². The van der Waals surface area contributed by atoms with Crippen molar-refractivity contribution in [2.45, 2.75) is 0 Å². The van der Waals surface area contributed by atoms with E-state index in [0.717, 1.165) is 0 Å². The van der Waals surface area contributed by atoms with Crippen molar-refractivity contribution in [3.8, 4) is 0 Å². The molecule has 0 unspecified atom stereocenters. The van der Waals surface area contributed by atoms with Crippen molar-refractivity contribution < 1.29 is 10.2 Å². The quantitative estimate of drug-likeness (QED) is 0.316. The van der Waals surface area contributed by atoms with E-state index in [1.54, 1.807) is 0 Å². The molecule has 0 aliphatic carbocycles. The molecule has 0 fully saturated rings. The molecule has 0 aromatic heterocycles. The zero-order valence-corrected chi connectivity index (χ0v) is 6.66. The molecular weight excluding hydrogens is 156 g/mol. The van der Waals surface area contributed by atoms with Crippen LogP contribution >= 0.6 is 24.8 Å². The predicted molar refractivity (Wildman–Crippen MR) is 46.0 cm³/mol. The van der Waals surface area contributed by atoms with Crippen LogP contribution in [0.1, 0.15) is 0 Å². The molecule has 0 atom stereocenters. The normalized spacial score (nSPS) is 7.00. The maximum absolute atomic E-state index is 7.62. The van der Waals surface area contributed by atoms with Crippen molar-refractivity contribution in [3.63, 3.8) is 0 Å². The lowest BCUT2D eigenvalue weighted by atomic mass is 10.8. The van der Waals surface area contributed by atoms with Crippen LogP contribution in [-0.4, -0.2) is 27.6 Å². The van der Waals surface area contributed by atoms with Crippen LogP contribution in [0.4, 0.5) is 0 Å². The third-order valence-electron chi connectivity index (χ3n) is 0.275. The number of hydrogen-bond donors (Lipinski definition) is 3. The van der Waals surface area contributed by atoms with Crippen LogP contribution in [0.2, 0.25) is 0 Å². The van der Waals surface area contributed by atoms with Crippen LogP contribution < -0.4 is 0 Å². The summed E-state index contributed by atoms with van der Waals surface area (Å²) in [6, 6.07) is 0. The smallest absolute Gasteiger partial charge is 0.0669 e. The van der Waals surface area contributed by atoms with Gasteiger partial charge in [-0.1, -0.05) is 18.8 Å². The standard InChI is InChI=1S/C3H4S2.C2H6O2/c1-2-3(4)5;3-1-2-4/h2H,1H2,(H,4,5);3-4H,1-2H2. The number of thiocarbonyl (C=S) groups is 1. The highest BCUT2D eigenvalue weighted by molar-refractivity contribution is 8.11. The molecule has 54 valence electrons. The molecule has 0 rings (SSSR count). The van der Waals surface area contributed by atoms with E-state index >= 15 is 0 Å². The van der Waals surface area contributed by atoms with Gasteiger partial charge in [-0.05, 0) is 6.08 Å². The van der Waals surface area contributed by atoms with Gasteiger partial charge in [-0.25, -0.2) is 0 Å². The minimum Gasteiger partial charge on any atom is -0.394 e. The summed E-state index contributed by atoms with van der Waals surface area (Å²) >= 11 is 8.15. The lowest BCUT2D eigenvalue weighted by Gasteiger charge is -1.70. The molecule has 2 N–H and O–H groups in total. The largest absolute Gasteiger partial charge is 0.394 e. The maximum Gasteiger partial charge on any atom is 0.0669 e. The number of thiol groups is 1. The average molecular weight is 166 g/mol. The molecule has 9 heavy (non-hydrogen) atoms. The second-order valence-corrected chi connectivity index (χ2v) is 2.21. The topological polar surface area (TPSA) is 40.5 Å². The molecule has 0 bridgehead atoms. The Kier molecular flexibility index (Phi) is 14.4. The van der Waals surface area contributed by atoms with Gasteiger partial charge in [0.1, 0.15) is 0 Å². The lowest BCUT2D eigenvalue weighted by molar-refractivity contribution is 0.186. The highest BCUT2D eigenvalue weighted by Gasteiger charge is 1.64. The molecule has 0 saturated carbocycles. The molecule has 0 heterocycles. The van der Waals surface area contributed by atoms with Crippen LogP contribution in [0, 0.1) is 0 Å². The van der Waals surface area contributed by atoms with E-state index in [-0.39, 0.29) is 13.2 Å². The Labute approximate surface area is 65.6 Å². The summed E-state index contributed by atoms with van der Waals surface area (Å²) in [5.74, 6) is 0. The van der Waals surface area contributed by atoms with Crippen LogP contribution in [0.15, 0.2) is 12.7 Å². The lowest BCUT2D eigenvalue weighted by Crippen LogP contribution is -1.85. The summed E-state index contributed by atoms with van der Waals surface area (Å²) in [6.07, 6.45) is 1.51. The summed E-state index contributed by atoms with van der Waals surface area (Å²) in [4.78, 5) is 0. The van der Waals surface area contributed by atoms with Gasteiger partial charge < -0.3 is 10.2 Å². The first kappa shape index (κ1) is 11.8. The van der Waals surface area contributed by atoms with Gasteiger partial charge in [0.05, 0.1) is 17.4 Å². The van der Waals surface area contributed by atoms with Crippen LogP contribution in [0.25, 0.3) is 0 Å². The summed E-state index contributed by atoms with van der Waals surface area (Å²) in [6.45, 7) is 3.09. The van der Waals surface area contributed by atoms with Gasteiger partial charge in [-0.3, -0.25) is 0 Å². The molecule has 0 radical (unpaired) electrons. The molecule has 0 spiro atoms. The average Bonchev–Trinajstić information content (AvgIpc) is 1.89. The van der Waals surface area contributed by atoms with Gasteiger partial charge in [0.15, 0.2) is 0 Å². The number of aliphatic hydroxyl groups is 2. The first-order valence-corrected chi connectivity index (χ1v) is 3.11. The van der Waals surface area contributed by atoms with Gasteiger partial charge in [0.2, 0.25) is 0 Å². The fourth-order valence-electron chi connectivity index (χ4n) is 0. The Bertz CT molecular complexity index is 81.0. The Morgan fingerprint density at radius 1 is 1.56 bits per heavy atom. The molecule has 0 amide bonds. The number of hydrogen-bond acceptors (Lipinski definition) is 3. The Balaban J connectivity index is 0. The monoisotopic (exact) mass is 166 g/mol. The third-order valence-corrected chi connectivity index (χ3v) is 0.624. The molecule has 0 aromatic carbocycles. The van der Waals surface area contributed by atoms with Crippen molar-refractivity contribution in [2.75, 3.05) is 13.2 Å². The first-order chi connectivity index (χ1) is 4.18.